The number of esters is 2. The first-order valence-electron chi connectivity index (χ1n) is 12.5. The minimum Gasteiger partial charge on any atom is -0.463 e. The predicted molar refractivity (Wildman–Crippen MR) is 155 cm³/mol. The average molecular weight is 543 g/mol. The molecule has 222 valence electrons. The highest BCUT2D eigenvalue weighted by atomic mass is 32.2. The number of carbonyl (C=O) groups is 3. The number of rotatable bonds is 5. The number of Topliss-reactive ketones (excluding diaryl/α,β-unsaturated/α-hetero) is 1. The molecule has 8 heteroatoms. The lowest BCUT2D eigenvalue weighted by molar-refractivity contribution is -0.158. The van der Waals surface area contributed by atoms with Crippen molar-refractivity contribution in [1.29, 1.82) is 0 Å². The number of sulfone groups is 1. The summed E-state index contributed by atoms with van der Waals surface area (Å²) in [5.41, 5.74) is -0.346. The van der Waals surface area contributed by atoms with Crippen molar-refractivity contribution in [3.05, 3.63) is 0 Å². The molecular formula is C28H62O7S. The molecule has 0 aliphatic carbocycles. The van der Waals surface area contributed by atoms with Gasteiger partial charge in [-0.2, -0.15) is 0 Å². The molecule has 0 aliphatic rings. The second-order valence-corrected chi connectivity index (χ2v) is 13.3. The molecule has 0 fully saturated rings. The summed E-state index contributed by atoms with van der Waals surface area (Å²) in [6, 6.07) is 0. The van der Waals surface area contributed by atoms with Crippen LogP contribution in [0.2, 0.25) is 0 Å². The number of hydrogen-bond donors (Lipinski definition) is 0. The van der Waals surface area contributed by atoms with Gasteiger partial charge in [-0.15, -0.1) is 0 Å². The molecule has 0 spiro atoms. The van der Waals surface area contributed by atoms with E-state index in [4.69, 9.17) is 9.47 Å². The van der Waals surface area contributed by atoms with Crippen LogP contribution in [0.5, 0.6) is 0 Å². The molecule has 7 nitrogen and oxygen atoms in total. The SMILES string of the molecule is C.CC(=O)C(C)C.CC(C)C(=O)OC(C)(C)C.CC(C)OC(=O)C(C)C.CC(C)S(C)(=O)=O.CCC. The Hall–Kier alpha value is -1.44. The fourth-order valence-corrected chi connectivity index (χ4v) is 0.788. The Kier molecular flexibility index (Phi) is 33.4. The minimum atomic E-state index is -2.74. The van der Waals surface area contributed by atoms with Crippen LogP contribution in [-0.4, -0.2) is 49.4 Å². The maximum absolute atomic E-state index is 10.9. The first kappa shape index (κ1) is 47.7. The van der Waals surface area contributed by atoms with Crippen LogP contribution in [0.1, 0.15) is 125 Å². The smallest absolute Gasteiger partial charge is 0.308 e. The maximum atomic E-state index is 10.9. The molecule has 0 rings (SSSR count). The third-order valence-corrected chi connectivity index (χ3v) is 5.08. The summed E-state index contributed by atoms with van der Waals surface area (Å²) >= 11 is 0. The third kappa shape index (κ3) is 49.6. The number of carbonyl (C=O) groups excluding carboxylic acids is 3. The van der Waals surface area contributed by atoms with Crippen LogP contribution in [0.4, 0.5) is 0 Å². The average Bonchev–Trinajstić information content (AvgIpc) is 2.60. The molecule has 0 radical (unpaired) electrons. The van der Waals surface area contributed by atoms with Gasteiger partial charge in [0, 0.05) is 12.2 Å². The van der Waals surface area contributed by atoms with Crippen LogP contribution in [0.25, 0.3) is 0 Å². The van der Waals surface area contributed by atoms with Crippen molar-refractivity contribution in [3.63, 3.8) is 0 Å². The summed E-state index contributed by atoms with van der Waals surface area (Å²) in [6.45, 7) is 29.6. The van der Waals surface area contributed by atoms with Crippen molar-refractivity contribution < 1.29 is 32.3 Å². The van der Waals surface area contributed by atoms with Gasteiger partial charge in [-0.1, -0.05) is 69.2 Å². The Labute approximate surface area is 225 Å². The van der Waals surface area contributed by atoms with Gasteiger partial charge < -0.3 is 9.47 Å². The normalized spacial score (nSPS) is 10.4. The molecule has 0 saturated carbocycles. The van der Waals surface area contributed by atoms with Gasteiger partial charge in [0.25, 0.3) is 0 Å². The summed E-state index contributed by atoms with van der Waals surface area (Å²) in [5.74, 6) is 0.184. The second-order valence-electron chi connectivity index (χ2n) is 10.7. The van der Waals surface area contributed by atoms with Gasteiger partial charge in [0.2, 0.25) is 0 Å². The van der Waals surface area contributed by atoms with Gasteiger partial charge >= 0.3 is 11.9 Å². The van der Waals surface area contributed by atoms with Gasteiger partial charge in [-0.25, -0.2) is 8.42 Å². The summed E-state index contributed by atoms with van der Waals surface area (Å²) in [5, 5.41) is -0.229. The Morgan fingerprint density at radius 1 is 0.722 bits per heavy atom. The first-order valence-corrected chi connectivity index (χ1v) is 14.4. The zero-order chi connectivity index (χ0) is 29.7. The molecule has 0 unspecified atom stereocenters. The van der Waals surface area contributed by atoms with E-state index in [0.717, 1.165) is 0 Å². The Balaban J connectivity index is -0.0000000807. The van der Waals surface area contributed by atoms with Crippen LogP contribution in [0, 0.1) is 17.8 Å². The van der Waals surface area contributed by atoms with E-state index in [-0.39, 0.29) is 59.9 Å². The molecule has 0 saturated heterocycles. The van der Waals surface area contributed by atoms with Crippen LogP contribution in [0.15, 0.2) is 0 Å². The number of hydrogen-bond acceptors (Lipinski definition) is 7. The van der Waals surface area contributed by atoms with E-state index >= 15 is 0 Å². The molecule has 0 aliphatic heterocycles. The van der Waals surface area contributed by atoms with E-state index in [1.807, 2.05) is 76.2 Å². The summed E-state index contributed by atoms with van der Waals surface area (Å²) < 4.78 is 30.6. The standard InChI is InChI=1S/C8H16O2.C7H14O2.C5H10O.C4H10O2S.C3H8.CH4/c1-6(2)7(9)10-8(3,4)5;1-5(2)7(8)9-6(3)4;1-4(2)5(3)6;1-4(2)7(3,5)6;1-3-2;/h6H,1-5H3;5-6H,1-4H3;4H,1-3H3;4H,1-3H3;3H2,1-2H3;1H4. The fraction of sp³-hybridized carbons (Fsp3) is 0.893. The Morgan fingerprint density at radius 3 is 1.03 bits per heavy atom. The van der Waals surface area contributed by atoms with E-state index < -0.39 is 9.84 Å². The minimum absolute atomic E-state index is 0. The lowest BCUT2D eigenvalue weighted by atomic mass is 10.1. The number of ether oxygens (including phenoxy) is 2. The molecule has 0 aromatic carbocycles. The quantitative estimate of drug-likeness (QED) is 0.336. The summed E-state index contributed by atoms with van der Waals surface area (Å²) in [6.07, 6.45) is 2.50. The molecule has 0 atom stereocenters. The van der Waals surface area contributed by atoms with Crippen molar-refractivity contribution in [1.82, 2.24) is 0 Å². The third-order valence-electron chi connectivity index (χ3n) is 3.37. The fourth-order valence-electron chi connectivity index (χ4n) is 0.788. The van der Waals surface area contributed by atoms with Gasteiger partial charge in [0.15, 0.2) is 0 Å². The highest BCUT2D eigenvalue weighted by Gasteiger charge is 2.18. The molecule has 0 heterocycles. The van der Waals surface area contributed by atoms with Crippen LogP contribution < -0.4 is 0 Å². The molecule has 0 aromatic rings. The lowest BCUT2D eigenvalue weighted by Gasteiger charge is -2.20. The van der Waals surface area contributed by atoms with Gasteiger partial charge in [0.1, 0.15) is 21.2 Å². The molecular weight excluding hydrogens is 480 g/mol. The molecule has 0 amide bonds. The molecule has 36 heavy (non-hydrogen) atoms. The predicted octanol–water partition coefficient (Wildman–Crippen LogP) is 7.30. The van der Waals surface area contributed by atoms with E-state index in [1.165, 1.54) is 12.7 Å². The van der Waals surface area contributed by atoms with E-state index in [9.17, 15) is 22.8 Å². The zero-order valence-electron chi connectivity index (χ0n) is 25.9. The Bertz CT molecular complexity index is 639. The lowest BCUT2D eigenvalue weighted by Crippen LogP contribution is -2.26. The zero-order valence-corrected chi connectivity index (χ0v) is 26.7. The van der Waals surface area contributed by atoms with Crippen molar-refractivity contribution in [3.8, 4) is 0 Å². The number of ketones is 1. The molecule has 0 aromatic heterocycles. The summed E-state index contributed by atoms with van der Waals surface area (Å²) in [7, 11) is -2.74. The molecule has 0 bridgehead atoms. The van der Waals surface area contributed by atoms with Gasteiger partial charge in [0.05, 0.1) is 23.2 Å². The highest BCUT2D eigenvalue weighted by Crippen LogP contribution is 2.10. The Morgan fingerprint density at radius 2 is 0.972 bits per heavy atom. The topological polar surface area (TPSA) is 104 Å². The van der Waals surface area contributed by atoms with Crippen molar-refractivity contribution in [2.75, 3.05) is 6.26 Å². The van der Waals surface area contributed by atoms with Gasteiger partial charge in [-0.3, -0.25) is 14.4 Å². The van der Waals surface area contributed by atoms with Crippen molar-refractivity contribution in [2.45, 2.75) is 142 Å². The monoisotopic (exact) mass is 542 g/mol. The first-order chi connectivity index (χ1) is 15.4. The van der Waals surface area contributed by atoms with Crippen LogP contribution in [0.3, 0.4) is 0 Å². The summed E-state index contributed by atoms with van der Waals surface area (Å²) in [4.78, 5) is 31.8. The maximum Gasteiger partial charge on any atom is 0.308 e. The molecule has 0 N–H and O–H groups in total. The van der Waals surface area contributed by atoms with Gasteiger partial charge in [-0.05, 0) is 55.4 Å². The van der Waals surface area contributed by atoms with E-state index in [0.29, 0.717) is 0 Å². The second kappa shape index (κ2) is 25.2. The van der Waals surface area contributed by atoms with Crippen LogP contribution in [-0.2, 0) is 33.7 Å². The highest BCUT2D eigenvalue weighted by molar-refractivity contribution is 7.91. The van der Waals surface area contributed by atoms with Crippen molar-refractivity contribution >= 4 is 27.6 Å². The van der Waals surface area contributed by atoms with E-state index in [1.54, 1.807) is 20.8 Å². The van der Waals surface area contributed by atoms with Crippen LogP contribution >= 0.6 is 0 Å². The van der Waals surface area contributed by atoms with Crippen molar-refractivity contribution in [2.24, 2.45) is 17.8 Å². The largest absolute Gasteiger partial charge is 0.463 e. The van der Waals surface area contributed by atoms with E-state index in [2.05, 4.69) is 13.8 Å².